The third-order valence-corrected chi connectivity index (χ3v) is 6.09. The summed E-state index contributed by atoms with van der Waals surface area (Å²) < 4.78 is 5.16. The normalized spacial score (nSPS) is 26.5. The van der Waals surface area contributed by atoms with Gasteiger partial charge < -0.3 is 15.0 Å². The number of rotatable bonds is 12. The average molecular weight is 405 g/mol. The Balaban J connectivity index is 1.94. The van der Waals surface area contributed by atoms with Gasteiger partial charge in [-0.3, -0.25) is 9.59 Å². The van der Waals surface area contributed by atoms with Gasteiger partial charge in [0, 0.05) is 18.4 Å². The van der Waals surface area contributed by atoms with Crippen LogP contribution in [-0.4, -0.2) is 47.4 Å². The fourth-order valence-corrected chi connectivity index (χ4v) is 4.19. The van der Waals surface area contributed by atoms with E-state index in [-0.39, 0.29) is 30.3 Å². The Kier molecular flexibility index (Phi) is 8.47. The Morgan fingerprint density at radius 1 is 1.28 bits per heavy atom. The van der Waals surface area contributed by atoms with Crippen molar-refractivity contribution in [3.63, 3.8) is 0 Å². The molecule has 1 heterocycles. The minimum atomic E-state index is -1.01. The van der Waals surface area contributed by atoms with E-state index in [4.69, 9.17) is 4.74 Å². The monoisotopic (exact) mass is 404 g/mol. The van der Waals surface area contributed by atoms with Crippen LogP contribution in [0.5, 0.6) is 0 Å². The maximum absolute atomic E-state index is 13.0. The second kappa shape index (κ2) is 10.6. The SMILES string of the molecule is C=CCCCCC[C@H](C)C(=O)N1CCC[C@H]1C(=O)N[C@]1(C(=O)OCC)CC1C=C. The van der Waals surface area contributed by atoms with Crippen LogP contribution in [0.15, 0.2) is 25.3 Å². The molecule has 4 atom stereocenters. The molecule has 6 heteroatoms. The molecule has 1 unspecified atom stereocenters. The molecule has 1 saturated carbocycles. The number of hydrogen-bond donors (Lipinski definition) is 1. The summed E-state index contributed by atoms with van der Waals surface area (Å²) in [5.41, 5.74) is -1.01. The lowest BCUT2D eigenvalue weighted by molar-refractivity contribution is -0.150. The van der Waals surface area contributed by atoms with Crippen molar-refractivity contribution in [2.75, 3.05) is 13.2 Å². The molecule has 29 heavy (non-hydrogen) atoms. The van der Waals surface area contributed by atoms with E-state index < -0.39 is 17.6 Å². The first-order chi connectivity index (χ1) is 13.9. The largest absolute Gasteiger partial charge is 0.464 e. The number of carbonyl (C=O) groups excluding carboxylic acids is 3. The van der Waals surface area contributed by atoms with Gasteiger partial charge in [-0.05, 0) is 45.4 Å². The van der Waals surface area contributed by atoms with Crippen LogP contribution in [0.2, 0.25) is 0 Å². The van der Waals surface area contributed by atoms with Gasteiger partial charge >= 0.3 is 5.97 Å². The van der Waals surface area contributed by atoms with Crippen molar-refractivity contribution in [1.82, 2.24) is 10.2 Å². The highest BCUT2D eigenvalue weighted by molar-refractivity contribution is 5.95. The molecule has 0 radical (unpaired) electrons. The Labute approximate surface area is 174 Å². The fourth-order valence-electron chi connectivity index (χ4n) is 4.19. The molecule has 0 bridgehead atoms. The smallest absolute Gasteiger partial charge is 0.332 e. The second-order valence-electron chi connectivity index (χ2n) is 8.24. The van der Waals surface area contributed by atoms with E-state index in [9.17, 15) is 14.4 Å². The molecule has 2 rings (SSSR count). The summed E-state index contributed by atoms with van der Waals surface area (Å²) in [4.78, 5) is 40.0. The summed E-state index contributed by atoms with van der Waals surface area (Å²) >= 11 is 0. The lowest BCUT2D eigenvalue weighted by Gasteiger charge is -2.28. The van der Waals surface area contributed by atoms with Crippen LogP contribution in [0.3, 0.4) is 0 Å². The van der Waals surface area contributed by atoms with Crippen molar-refractivity contribution in [3.05, 3.63) is 25.3 Å². The zero-order valence-corrected chi connectivity index (χ0v) is 18.0. The number of amides is 2. The minimum absolute atomic E-state index is 0.0348. The first kappa shape index (κ1) is 23.2. The van der Waals surface area contributed by atoms with Crippen LogP contribution >= 0.6 is 0 Å². The second-order valence-corrected chi connectivity index (χ2v) is 8.24. The van der Waals surface area contributed by atoms with Gasteiger partial charge in [0.15, 0.2) is 0 Å². The molecule has 1 aliphatic carbocycles. The van der Waals surface area contributed by atoms with Crippen LogP contribution < -0.4 is 5.32 Å². The number of likely N-dealkylation sites (tertiary alicyclic amines) is 1. The summed E-state index contributed by atoms with van der Waals surface area (Å²) in [6.07, 6.45) is 10.5. The zero-order chi connectivity index (χ0) is 21.4. The molecule has 0 aromatic rings. The van der Waals surface area contributed by atoms with Crippen LogP contribution in [0, 0.1) is 11.8 Å². The van der Waals surface area contributed by atoms with E-state index in [1.54, 1.807) is 17.9 Å². The highest BCUT2D eigenvalue weighted by Gasteiger charge is 2.61. The van der Waals surface area contributed by atoms with Crippen molar-refractivity contribution in [2.24, 2.45) is 11.8 Å². The predicted octanol–water partition coefficient (Wildman–Crippen LogP) is 3.37. The lowest BCUT2D eigenvalue weighted by Crippen LogP contribution is -2.54. The maximum atomic E-state index is 13.0. The third-order valence-electron chi connectivity index (χ3n) is 6.09. The first-order valence-corrected chi connectivity index (χ1v) is 10.9. The number of nitrogens with zero attached hydrogens (tertiary/aromatic N) is 1. The van der Waals surface area contributed by atoms with E-state index in [2.05, 4.69) is 18.5 Å². The summed E-state index contributed by atoms with van der Waals surface area (Å²) in [5.74, 6) is -0.861. The topological polar surface area (TPSA) is 75.7 Å². The number of ether oxygens (including phenoxy) is 1. The van der Waals surface area contributed by atoms with Gasteiger partial charge in [-0.15, -0.1) is 13.2 Å². The summed E-state index contributed by atoms with van der Waals surface area (Å²) in [5, 5.41) is 2.90. The van der Waals surface area contributed by atoms with Crippen molar-refractivity contribution in [2.45, 2.75) is 76.8 Å². The Hall–Kier alpha value is -2.11. The van der Waals surface area contributed by atoms with Gasteiger partial charge in [0.05, 0.1) is 6.61 Å². The highest BCUT2D eigenvalue weighted by Crippen LogP contribution is 2.45. The summed E-state index contributed by atoms with van der Waals surface area (Å²) in [6.45, 7) is 12.0. The third kappa shape index (κ3) is 5.49. The Morgan fingerprint density at radius 3 is 2.66 bits per heavy atom. The molecule has 2 aliphatic rings. The van der Waals surface area contributed by atoms with Crippen LogP contribution in [-0.2, 0) is 19.1 Å². The molecule has 0 aromatic heterocycles. The molecular weight excluding hydrogens is 368 g/mol. The van der Waals surface area contributed by atoms with Crippen LogP contribution in [0.1, 0.15) is 65.2 Å². The number of hydrogen-bond acceptors (Lipinski definition) is 4. The summed E-state index contributed by atoms with van der Waals surface area (Å²) in [7, 11) is 0. The molecule has 1 saturated heterocycles. The number of nitrogens with one attached hydrogen (secondary N) is 1. The van der Waals surface area contributed by atoms with E-state index in [1.165, 1.54) is 0 Å². The Bertz CT molecular complexity index is 632. The molecular formula is C23H36N2O4. The Morgan fingerprint density at radius 2 is 2.03 bits per heavy atom. The van der Waals surface area contributed by atoms with Gasteiger partial charge in [-0.2, -0.15) is 0 Å². The van der Waals surface area contributed by atoms with Gasteiger partial charge in [-0.25, -0.2) is 4.79 Å². The van der Waals surface area contributed by atoms with Gasteiger partial charge in [0.2, 0.25) is 11.8 Å². The summed E-state index contributed by atoms with van der Waals surface area (Å²) in [6, 6.07) is -0.511. The molecule has 162 valence electrons. The standard InChI is InChI=1S/C23H36N2O4/c1-5-8-9-10-11-13-17(4)21(27)25-15-12-14-19(25)20(26)24-23(16-18(23)6-2)22(28)29-7-3/h5-6,17-19H,1-2,7-16H2,3-4H3,(H,24,26)/t17-,18?,19-,23+/m0/s1. The molecule has 6 nitrogen and oxygen atoms in total. The van der Waals surface area contributed by atoms with Crippen LogP contribution in [0.25, 0.3) is 0 Å². The number of esters is 1. The molecule has 2 amide bonds. The number of carbonyl (C=O) groups is 3. The van der Waals surface area contributed by atoms with Gasteiger partial charge in [-0.1, -0.05) is 31.9 Å². The van der Waals surface area contributed by atoms with Crippen LogP contribution in [0.4, 0.5) is 0 Å². The fraction of sp³-hybridized carbons (Fsp3) is 0.696. The van der Waals surface area contributed by atoms with Crippen molar-refractivity contribution in [3.8, 4) is 0 Å². The lowest BCUT2D eigenvalue weighted by atomic mass is 10.0. The van der Waals surface area contributed by atoms with E-state index in [0.29, 0.717) is 19.4 Å². The average Bonchev–Trinajstić information content (AvgIpc) is 3.20. The molecule has 1 aliphatic heterocycles. The van der Waals surface area contributed by atoms with Crippen molar-refractivity contribution in [1.29, 1.82) is 0 Å². The van der Waals surface area contributed by atoms with Crippen molar-refractivity contribution >= 4 is 17.8 Å². The first-order valence-electron chi connectivity index (χ1n) is 10.9. The minimum Gasteiger partial charge on any atom is -0.464 e. The zero-order valence-electron chi connectivity index (χ0n) is 18.0. The number of allylic oxidation sites excluding steroid dienone is 1. The molecule has 1 N–H and O–H groups in total. The van der Waals surface area contributed by atoms with E-state index in [1.807, 2.05) is 13.0 Å². The molecule has 0 aromatic carbocycles. The highest BCUT2D eigenvalue weighted by atomic mass is 16.5. The van der Waals surface area contributed by atoms with E-state index >= 15 is 0 Å². The van der Waals surface area contributed by atoms with Gasteiger partial charge in [0.1, 0.15) is 11.6 Å². The quantitative estimate of drug-likeness (QED) is 0.307. The predicted molar refractivity (Wildman–Crippen MR) is 113 cm³/mol. The molecule has 2 fully saturated rings. The molecule has 0 spiro atoms. The maximum Gasteiger partial charge on any atom is 0.332 e. The van der Waals surface area contributed by atoms with E-state index in [0.717, 1.165) is 38.5 Å². The number of unbranched alkanes of at least 4 members (excludes halogenated alkanes) is 3. The van der Waals surface area contributed by atoms with Gasteiger partial charge in [0.25, 0.3) is 0 Å². The van der Waals surface area contributed by atoms with Crippen molar-refractivity contribution < 1.29 is 19.1 Å².